The zero-order valence-electron chi connectivity index (χ0n) is 14.9. The van der Waals surface area contributed by atoms with Crippen molar-refractivity contribution >= 4 is 38.7 Å². The molecule has 4 rings (SSSR count). The van der Waals surface area contributed by atoms with E-state index < -0.39 is 4.92 Å². The molecule has 0 spiro atoms. The Kier molecular flexibility index (Phi) is 4.61. The number of nitro groups is 1. The molecule has 0 unspecified atom stereocenters. The number of thiazole rings is 1. The summed E-state index contributed by atoms with van der Waals surface area (Å²) in [6.45, 7) is 2.88. The van der Waals surface area contributed by atoms with Gasteiger partial charge >= 0.3 is 0 Å². The van der Waals surface area contributed by atoms with Gasteiger partial charge in [0.25, 0.3) is 5.69 Å². The third kappa shape index (κ3) is 3.42. The van der Waals surface area contributed by atoms with Gasteiger partial charge in [-0.05, 0) is 44.0 Å². The first-order chi connectivity index (χ1) is 13.0. The average Bonchev–Trinajstić information content (AvgIpc) is 3.12. The van der Waals surface area contributed by atoms with Gasteiger partial charge in [0.15, 0.2) is 5.78 Å². The predicted molar refractivity (Wildman–Crippen MR) is 107 cm³/mol. The lowest BCUT2D eigenvalue weighted by atomic mass is 9.97. The van der Waals surface area contributed by atoms with Gasteiger partial charge in [-0.15, -0.1) is 11.3 Å². The Labute approximate surface area is 160 Å². The van der Waals surface area contributed by atoms with E-state index in [9.17, 15) is 14.9 Å². The van der Waals surface area contributed by atoms with Crippen LogP contribution in [-0.2, 0) is 0 Å². The van der Waals surface area contributed by atoms with Crippen LogP contribution in [0, 0.1) is 10.1 Å². The van der Waals surface area contributed by atoms with Crippen LogP contribution in [0.5, 0.6) is 0 Å². The predicted octanol–water partition coefficient (Wildman–Crippen LogP) is 4.79. The highest BCUT2D eigenvalue weighted by Crippen LogP contribution is 2.37. The standard InChI is InChI=1S/C20H19N3O3S/c1-13(24)14-8-9-17(18(11-14)23(25)26)22-10-4-5-15(12-22)20-21-16-6-2-3-7-19(16)27-20/h2-3,6-9,11,15H,4-5,10,12H2,1H3/t15-/m1/s1. The van der Waals surface area contributed by atoms with Gasteiger partial charge in [0.05, 0.1) is 20.1 Å². The van der Waals surface area contributed by atoms with Crippen molar-refractivity contribution in [1.82, 2.24) is 4.98 Å². The minimum Gasteiger partial charge on any atom is -0.365 e. The zero-order valence-corrected chi connectivity index (χ0v) is 15.7. The van der Waals surface area contributed by atoms with E-state index in [2.05, 4.69) is 11.0 Å². The molecule has 6 nitrogen and oxygen atoms in total. The maximum absolute atomic E-state index is 11.6. The van der Waals surface area contributed by atoms with Crippen molar-refractivity contribution in [2.45, 2.75) is 25.7 Å². The van der Waals surface area contributed by atoms with Crippen LogP contribution in [0.4, 0.5) is 11.4 Å². The highest BCUT2D eigenvalue weighted by Gasteiger charge is 2.28. The molecule has 138 valence electrons. The molecule has 3 aromatic rings. The second-order valence-corrected chi connectivity index (χ2v) is 7.88. The number of hydrogen-bond acceptors (Lipinski definition) is 6. The molecule has 1 aromatic heterocycles. The van der Waals surface area contributed by atoms with E-state index in [0.717, 1.165) is 29.9 Å². The summed E-state index contributed by atoms with van der Waals surface area (Å²) >= 11 is 1.70. The van der Waals surface area contributed by atoms with Crippen LogP contribution in [0.2, 0.25) is 0 Å². The summed E-state index contributed by atoms with van der Waals surface area (Å²) in [6, 6.07) is 12.8. The van der Waals surface area contributed by atoms with Crippen LogP contribution < -0.4 is 4.90 Å². The summed E-state index contributed by atoms with van der Waals surface area (Å²) in [5.74, 6) is 0.0823. The number of hydrogen-bond donors (Lipinski definition) is 0. The zero-order chi connectivity index (χ0) is 19.0. The molecule has 0 amide bonds. The Morgan fingerprint density at radius 1 is 1.30 bits per heavy atom. The van der Waals surface area contributed by atoms with E-state index in [1.807, 2.05) is 18.2 Å². The summed E-state index contributed by atoms with van der Waals surface area (Å²) in [4.78, 5) is 29.6. The number of carbonyl (C=O) groups is 1. The van der Waals surface area contributed by atoms with Crippen molar-refractivity contribution in [3.05, 3.63) is 63.1 Å². The number of fused-ring (bicyclic) bond motifs is 1. The van der Waals surface area contributed by atoms with Gasteiger partial charge in [0, 0.05) is 30.6 Å². The SMILES string of the molecule is CC(=O)c1ccc(N2CCC[C@@H](c3nc4ccccc4s3)C2)c([N+](=O)[O-])c1. The van der Waals surface area contributed by atoms with Crippen LogP contribution in [0.1, 0.15) is 41.0 Å². The van der Waals surface area contributed by atoms with E-state index in [4.69, 9.17) is 4.98 Å². The summed E-state index contributed by atoms with van der Waals surface area (Å²) in [5, 5.41) is 12.7. The van der Waals surface area contributed by atoms with E-state index >= 15 is 0 Å². The first kappa shape index (κ1) is 17.6. The molecular weight excluding hydrogens is 362 g/mol. The number of anilines is 1. The van der Waals surface area contributed by atoms with E-state index in [1.54, 1.807) is 23.5 Å². The summed E-state index contributed by atoms with van der Waals surface area (Å²) < 4.78 is 1.17. The third-order valence-electron chi connectivity index (χ3n) is 5.00. The van der Waals surface area contributed by atoms with Crippen LogP contribution in [0.3, 0.4) is 0 Å². The van der Waals surface area contributed by atoms with Crippen LogP contribution in [0.25, 0.3) is 10.2 Å². The Hall–Kier alpha value is -2.80. The summed E-state index contributed by atoms with van der Waals surface area (Å²) in [6.07, 6.45) is 1.97. The molecule has 2 aromatic carbocycles. The number of nitrogens with zero attached hydrogens (tertiary/aromatic N) is 3. The maximum Gasteiger partial charge on any atom is 0.293 e. The van der Waals surface area contributed by atoms with Crippen LogP contribution >= 0.6 is 11.3 Å². The highest BCUT2D eigenvalue weighted by molar-refractivity contribution is 7.18. The number of Topliss-reactive ketones (excluding diaryl/α,β-unsaturated/α-hetero) is 1. The molecule has 2 heterocycles. The number of ketones is 1. The Morgan fingerprint density at radius 2 is 2.11 bits per heavy atom. The number of nitro benzene ring substituents is 1. The number of piperidine rings is 1. The Bertz CT molecular complexity index is 997. The lowest BCUT2D eigenvalue weighted by Crippen LogP contribution is -2.34. The third-order valence-corrected chi connectivity index (χ3v) is 6.20. The molecule has 1 aliphatic rings. The topological polar surface area (TPSA) is 76.3 Å². The van der Waals surface area contributed by atoms with Gasteiger partial charge in [0.1, 0.15) is 5.69 Å². The van der Waals surface area contributed by atoms with Crippen molar-refractivity contribution in [2.24, 2.45) is 0 Å². The molecule has 0 radical (unpaired) electrons. The molecule has 0 aliphatic carbocycles. The fourth-order valence-corrected chi connectivity index (χ4v) is 4.71. The van der Waals surface area contributed by atoms with E-state index in [1.165, 1.54) is 17.7 Å². The van der Waals surface area contributed by atoms with E-state index in [-0.39, 0.29) is 17.4 Å². The smallest absolute Gasteiger partial charge is 0.293 e. The summed E-state index contributed by atoms with van der Waals surface area (Å²) in [7, 11) is 0. The van der Waals surface area contributed by atoms with Gasteiger partial charge in [-0.1, -0.05) is 12.1 Å². The van der Waals surface area contributed by atoms with Crippen molar-refractivity contribution in [2.75, 3.05) is 18.0 Å². The van der Waals surface area contributed by atoms with Crippen LogP contribution in [-0.4, -0.2) is 28.8 Å². The second-order valence-electron chi connectivity index (χ2n) is 6.82. The largest absolute Gasteiger partial charge is 0.365 e. The van der Waals surface area contributed by atoms with Gasteiger partial charge in [0.2, 0.25) is 0 Å². The summed E-state index contributed by atoms with van der Waals surface area (Å²) in [5.41, 5.74) is 1.94. The number of para-hydroxylation sites is 1. The molecular formula is C20H19N3O3S. The quantitative estimate of drug-likeness (QED) is 0.369. The minimum absolute atomic E-state index is 0.00681. The van der Waals surface area contributed by atoms with Crippen molar-refractivity contribution < 1.29 is 9.72 Å². The van der Waals surface area contributed by atoms with Crippen molar-refractivity contribution in [1.29, 1.82) is 0 Å². The first-order valence-electron chi connectivity index (χ1n) is 8.92. The normalized spacial score (nSPS) is 17.2. The highest BCUT2D eigenvalue weighted by atomic mass is 32.1. The molecule has 0 saturated carbocycles. The number of rotatable bonds is 4. The van der Waals surface area contributed by atoms with Gasteiger partial charge < -0.3 is 4.90 Å². The first-order valence-corrected chi connectivity index (χ1v) is 9.74. The lowest BCUT2D eigenvalue weighted by molar-refractivity contribution is -0.384. The molecule has 1 aliphatic heterocycles. The Balaban J connectivity index is 1.65. The van der Waals surface area contributed by atoms with Crippen molar-refractivity contribution in [3.63, 3.8) is 0 Å². The van der Waals surface area contributed by atoms with Gasteiger partial charge in [-0.25, -0.2) is 4.98 Å². The number of benzene rings is 2. The molecule has 7 heteroatoms. The second kappa shape index (κ2) is 7.08. The minimum atomic E-state index is -0.400. The van der Waals surface area contributed by atoms with Gasteiger partial charge in [-0.3, -0.25) is 14.9 Å². The van der Waals surface area contributed by atoms with E-state index in [0.29, 0.717) is 17.8 Å². The molecule has 1 atom stereocenters. The van der Waals surface area contributed by atoms with Gasteiger partial charge in [-0.2, -0.15) is 0 Å². The number of carbonyl (C=O) groups excluding carboxylic acids is 1. The molecule has 1 fully saturated rings. The fraction of sp³-hybridized carbons (Fsp3) is 0.300. The maximum atomic E-state index is 11.6. The van der Waals surface area contributed by atoms with Crippen molar-refractivity contribution in [3.8, 4) is 0 Å². The van der Waals surface area contributed by atoms with Crippen LogP contribution in [0.15, 0.2) is 42.5 Å². The molecule has 27 heavy (non-hydrogen) atoms. The number of aromatic nitrogens is 1. The molecule has 1 saturated heterocycles. The molecule has 0 N–H and O–H groups in total. The average molecular weight is 381 g/mol. The Morgan fingerprint density at radius 3 is 2.85 bits per heavy atom. The lowest BCUT2D eigenvalue weighted by Gasteiger charge is -2.33. The fourth-order valence-electron chi connectivity index (χ4n) is 3.62. The molecule has 0 bridgehead atoms. The monoisotopic (exact) mass is 381 g/mol.